The van der Waals surface area contributed by atoms with Gasteiger partial charge in [-0.15, -0.1) is 11.3 Å². The van der Waals surface area contributed by atoms with Gasteiger partial charge in [0.05, 0.1) is 11.1 Å². The fraction of sp³-hybridized carbons (Fsp3) is 0.333. The molecule has 0 aliphatic rings. The van der Waals surface area contributed by atoms with E-state index in [1.807, 2.05) is 62.4 Å². The van der Waals surface area contributed by atoms with E-state index in [9.17, 15) is 4.79 Å². The summed E-state index contributed by atoms with van der Waals surface area (Å²) in [6.07, 6.45) is 1.82. The highest BCUT2D eigenvalue weighted by molar-refractivity contribution is 7.12. The number of benzene rings is 1. The van der Waals surface area contributed by atoms with Gasteiger partial charge >= 0.3 is 0 Å². The van der Waals surface area contributed by atoms with Crippen molar-refractivity contribution in [1.82, 2.24) is 14.7 Å². The van der Waals surface area contributed by atoms with Crippen molar-refractivity contribution in [2.75, 3.05) is 7.05 Å². The summed E-state index contributed by atoms with van der Waals surface area (Å²) in [4.78, 5) is 15.2. The van der Waals surface area contributed by atoms with Gasteiger partial charge in [-0.3, -0.25) is 9.48 Å². The Labute approximate surface area is 164 Å². The Hall–Kier alpha value is -2.60. The molecule has 1 aromatic carbocycles. The van der Waals surface area contributed by atoms with Crippen LogP contribution in [0.25, 0.3) is 0 Å². The van der Waals surface area contributed by atoms with Gasteiger partial charge < -0.3 is 9.64 Å². The van der Waals surface area contributed by atoms with Crippen molar-refractivity contribution in [3.63, 3.8) is 0 Å². The van der Waals surface area contributed by atoms with E-state index < -0.39 is 0 Å². The zero-order chi connectivity index (χ0) is 19.6. The van der Waals surface area contributed by atoms with Gasteiger partial charge in [0.15, 0.2) is 0 Å². The molecule has 2 aromatic heterocycles. The maximum absolute atomic E-state index is 12.7. The molecular weight excluding hydrogens is 358 g/mol. The normalized spacial score (nSPS) is 10.9. The van der Waals surface area contributed by atoms with Crippen molar-refractivity contribution in [1.29, 1.82) is 0 Å². The van der Waals surface area contributed by atoms with Crippen LogP contribution in [0.1, 0.15) is 37.6 Å². The Balaban J connectivity index is 1.62. The Kier molecular flexibility index (Phi) is 5.65. The topological polar surface area (TPSA) is 47.4 Å². The average Bonchev–Trinajstić information content (AvgIpc) is 3.22. The van der Waals surface area contributed by atoms with Gasteiger partial charge in [0, 0.05) is 37.5 Å². The Bertz CT molecular complexity index is 958. The minimum atomic E-state index is 0.0148. The van der Waals surface area contributed by atoms with E-state index in [-0.39, 0.29) is 5.91 Å². The van der Waals surface area contributed by atoms with Crippen LogP contribution < -0.4 is 4.74 Å². The second-order valence-electron chi connectivity index (χ2n) is 6.92. The average molecular weight is 384 g/mol. The van der Waals surface area contributed by atoms with Crippen molar-refractivity contribution >= 4 is 17.2 Å². The van der Waals surface area contributed by atoms with Gasteiger partial charge in [0.1, 0.15) is 12.4 Å². The highest BCUT2D eigenvalue weighted by Gasteiger charge is 2.16. The molecule has 2 heterocycles. The molecule has 0 spiro atoms. The molecule has 0 N–H and O–H groups in total. The number of carbonyl (C=O) groups excluding carboxylic acids is 1. The summed E-state index contributed by atoms with van der Waals surface area (Å²) in [7, 11) is 3.72. The summed E-state index contributed by atoms with van der Waals surface area (Å²) in [5.41, 5.74) is 5.48. The number of aromatic nitrogens is 2. The predicted molar refractivity (Wildman–Crippen MR) is 108 cm³/mol. The van der Waals surface area contributed by atoms with Crippen molar-refractivity contribution in [2.45, 2.75) is 33.9 Å². The lowest BCUT2D eigenvalue weighted by atomic mass is 10.1. The third-order valence-electron chi connectivity index (χ3n) is 4.68. The van der Waals surface area contributed by atoms with Gasteiger partial charge in [-0.2, -0.15) is 5.10 Å². The molecule has 0 fully saturated rings. The van der Waals surface area contributed by atoms with E-state index in [0.29, 0.717) is 13.2 Å². The minimum absolute atomic E-state index is 0.0148. The number of thiophene rings is 1. The fourth-order valence-electron chi connectivity index (χ4n) is 2.90. The lowest BCUT2D eigenvalue weighted by Crippen LogP contribution is -2.25. The number of carbonyl (C=O) groups is 1. The van der Waals surface area contributed by atoms with Crippen LogP contribution in [0.5, 0.6) is 5.75 Å². The van der Waals surface area contributed by atoms with Crippen LogP contribution in [0.15, 0.2) is 35.8 Å². The summed E-state index contributed by atoms with van der Waals surface area (Å²) in [6, 6.07) is 8.06. The summed E-state index contributed by atoms with van der Waals surface area (Å²) in [6.45, 7) is 7.12. The molecule has 0 saturated carbocycles. The first-order chi connectivity index (χ1) is 12.8. The number of rotatable bonds is 6. The minimum Gasteiger partial charge on any atom is -0.489 e. The van der Waals surface area contributed by atoms with Gasteiger partial charge in [0.25, 0.3) is 5.91 Å². The molecule has 0 unspecified atom stereocenters. The first kappa shape index (κ1) is 19.2. The van der Waals surface area contributed by atoms with E-state index >= 15 is 0 Å². The van der Waals surface area contributed by atoms with Crippen molar-refractivity contribution in [3.05, 3.63) is 68.7 Å². The van der Waals surface area contributed by atoms with Gasteiger partial charge in [-0.1, -0.05) is 17.7 Å². The third kappa shape index (κ3) is 4.39. The largest absolute Gasteiger partial charge is 0.489 e. The maximum atomic E-state index is 12.7. The maximum Gasteiger partial charge on any atom is 0.263 e. The molecule has 0 atom stereocenters. The van der Waals surface area contributed by atoms with Gasteiger partial charge in [0.2, 0.25) is 0 Å². The van der Waals surface area contributed by atoms with Gasteiger partial charge in [-0.05, 0) is 43.8 Å². The number of amides is 1. The van der Waals surface area contributed by atoms with Crippen molar-refractivity contribution in [3.8, 4) is 5.75 Å². The third-order valence-corrected chi connectivity index (χ3v) is 5.65. The van der Waals surface area contributed by atoms with Crippen molar-refractivity contribution < 1.29 is 9.53 Å². The molecule has 0 aliphatic carbocycles. The smallest absolute Gasteiger partial charge is 0.263 e. The first-order valence-corrected chi connectivity index (χ1v) is 9.73. The molecule has 6 heteroatoms. The van der Waals surface area contributed by atoms with E-state index in [1.165, 1.54) is 16.9 Å². The lowest BCUT2D eigenvalue weighted by molar-refractivity contribution is 0.0789. The molecule has 0 aliphatic heterocycles. The molecule has 142 valence electrons. The summed E-state index contributed by atoms with van der Waals surface area (Å²) in [5.74, 6) is 0.893. The summed E-state index contributed by atoms with van der Waals surface area (Å²) in [5, 5.41) is 6.22. The van der Waals surface area contributed by atoms with Crippen LogP contribution in [0.4, 0.5) is 0 Å². The Morgan fingerprint density at radius 2 is 2.04 bits per heavy atom. The molecule has 3 rings (SSSR count). The Morgan fingerprint density at radius 3 is 2.70 bits per heavy atom. The second-order valence-corrected chi connectivity index (χ2v) is 7.83. The second kappa shape index (κ2) is 7.96. The summed E-state index contributed by atoms with van der Waals surface area (Å²) < 4.78 is 7.74. The van der Waals surface area contributed by atoms with Crippen LogP contribution in [-0.2, 0) is 20.2 Å². The number of aryl methyl sites for hydroxylation is 3. The Morgan fingerprint density at radius 1 is 1.26 bits per heavy atom. The molecule has 1 amide bonds. The quantitative estimate of drug-likeness (QED) is 0.639. The van der Waals surface area contributed by atoms with Crippen molar-refractivity contribution in [2.24, 2.45) is 7.05 Å². The number of hydrogen-bond acceptors (Lipinski definition) is 4. The molecule has 0 saturated heterocycles. The van der Waals surface area contributed by atoms with Crippen LogP contribution >= 0.6 is 11.3 Å². The SMILES string of the molecule is Cc1ccc(OCc2csc(C(=O)N(C)Cc3cnn(C)c3C)c2)c(C)c1. The van der Waals surface area contributed by atoms with E-state index in [2.05, 4.69) is 18.1 Å². The van der Waals surface area contributed by atoms with Crippen LogP contribution in [0, 0.1) is 20.8 Å². The molecule has 0 radical (unpaired) electrons. The zero-order valence-electron chi connectivity index (χ0n) is 16.4. The van der Waals surface area contributed by atoms with Gasteiger partial charge in [-0.25, -0.2) is 0 Å². The van der Waals surface area contributed by atoms with E-state index in [1.54, 1.807) is 4.90 Å². The number of ether oxygens (including phenoxy) is 1. The lowest BCUT2D eigenvalue weighted by Gasteiger charge is -2.16. The molecule has 3 aromatic rings. The first-order valence-electron chi connectivity index (χ1n) is 8.85. The molecule has 27 heavy (non-hydrogen) atoms. The standard InChI is InChI=1S/C21H25N3O2S/c1-14-6-7-19(15(2)8-14)26-12-17-9-20(27-13-17)21(25)23(4)11-18-10-22-24(5)16(18)3/h6-10,13H,11-12H2,1-5H3. The number of nitrogens with zero attached hydrogens (tertiary/aromatic N) is 3. The fourth-order valence-corrected chi connectivity index (χ4v) is 3.79. The summed E-state index contributed by atoms with van der Waals surface area (Å²) >= 11 is 1.46. The highest BCUT2D eigenvalue weighted by atomic mass is 32.1. The zero-order valence-corrected chi connectivity index (χ0v) is 17.3. The highest BCUT2D eigenvalue weighted by Crippen LogP contribution is 2.23. The monoisotopic (exact) mass is 383 g/mol. The van der Waals surface area contributed by atoms with E-state index in [4.69, 9.17) is 4.74 Å². The van der Waals surface area contributed by atoms with Crippen LogP contribution in [0.3, 0.4) is 0 Å². The van der Waals surface area contributed by atoms with Crippen LogP contribution in [0.2, 0.25) is 0 Å². The molecule has 5 nitrogen and oxygen atoms in total. The molecular formula is C21H25N3O2S. The van der Waals surface area contributed by atoms with E-state index in [0.717, 1.165) is 33.0 Å². The van der Waals surface area contributed by atoms with Crippen LogP contribution in [-0.4, -0.2) is 27.6 Å². The predicted octanol–water partition coefficient (Wildman–Crippen LogP) is 4.26. The molecule has 0 bridgehead atoms. The number of hydrogen-bond donors (Lipinski definition) is 0.